The molecule has 112 valence electrons. The number of hydrogen-bond donors (Lipinski definition) is 2. The summed E-state index contributed by atoms with van der Waals surface area (Å²) in [6.45, 7) is 11.9. The van der Waals surface area contributed by atoms with E-state index >= 15 is 0 Å². The van der Waals surface area contributed by atoms with Gasteiger partial charge in [0.2, 0.25) is 5.91 Å². The van der Waals surface area contributed by atoms with Gasteiger partial charge >= 0.3 is 5.97 Å². The summed E-state index contributed by atoms with van der Waals surface area (Å²) in [4.78, 5) is 23.1. The van der Waals surface area contributed by atoms with Gasteiger partial charge in [0.05, 0.1) is 5.92 Å². The van der Waals surface area contributed by atoms with Gasteiger partial charge < -0.3 is 10.8 Å². The average molecular weight is 271 g/mol. The molecule has 0 aliphatic heterocycles. The highest BCUT2D eigenvalue weighted by Crippen LogP contribution is 2.37. The van der Waals surface area contributed by atoms with Crippen LogP contribution in [0.1, 0.15) is 60.8 Å². The van der Waals surface area contributed by atoms with Gasteiger partial charge in [-0.1, -0.05) is 48.0 Å². The molecular formula is C15H29NO3. The largest absolute Gasteiger partial charge is 0.481 e. The van der Waals surface area contributed by atoms with E-state index in [-0.39, 0.29) is 16.7 Å². The van der Waals surface area contributed by atoms with Crippen molar-refractivity contribution in [2.24, 2.45) is 28.4 Å². The first kappa shape index (κ1) is 17.9. The highest BCUT2D eigenvalue weighted by atomic mass is 16.4. The monoisotopic (exact) mass is 271 g/mol. The fourth-order valence-electron chi connectivity index (χ4n) is 2.32. The summed E-state index contributed by atoms with van der Waals surface area (Å²) in [5, 5.41) is 9.42. The molecule has 0 saturated heterocycles. The predicted octanol–water partition coefficient (Wildman–Crippen LogP) is 3.05. The van der Waals surface area contributed by atoms with E-state index in [4.69, 9.17) is 5.73 Å². The summed E-state index contributed by atoms with van der Waals surface area (Å²) in [7, 11) is 0. The second-order valence-corrected chi connectivity index (χ2v) is 7.33. The van der Waals surface area contributed by atoms with E-state index in [9.17, 15) is 14.7 Å². The molecule has 0 fully saturated rings. The van der Waals surface area contributed by atoms with Crippen molar-refractivity contribution in [3.63, 3.8) is 0 Å². The van der Waals surface area contributed by atoms with E-state index in [1.165, 1.54) is 0 Å². The number of carboxylic acids is 1. The molecule has 0 heterocycles. The van der Waals surface area contributed by atoms with E-state index in [0.717, 1.165) is 6.42 Å². The van der Waals surface area contributed by atoms with Crippen LogP contribution in [-0.2, 0) is 9.59 Å². The number of carboxylic acid groups (broad SMARTS) is 1. The van der Waals surface area contributed by atoms with Gasteiger partial charge in [-0.15, -0.1) is 0 Å². The van der Waals surface area contributed by atoms with E-state index in [2.05, 4.69) is 0 Å². The Morgan fingerprint density at radius 3 is 1.89 bits per heavy atom. The molecule has 0 aromatic rings. The topological polar surface area (TPSA) is 80.4 Å². The molecule has 2 unspecified atom stereocenters. The van der Waals surface area contributed by atoms with Crippen molar-refractivity contribution in [3.8, 4) is 0 Å². The number of hydrogen-bond acceptors (Lipinski definition) is 2. The fraction of sp³-hybridized carbons (Fsp3) is 0.867. The number of rotatable bonds is 7. The lowest BCUT2D eigenvalue weighted by Crippen LogP contribution is -2.37. The van der Waals surface area contributed by atoms with Gasteiger partial charge in [-0.2, -0.15) is 0 Å². The third-order valence-corrected chi connectivity index (χ3v) is 3.93. The number of nitrogens with two attached hydrogens (primary N) is 1. The Bertz CT molecular complexity index is 329. The standard InChI is InChI=1S/C15H29NO3/c1-7-15(5,6)11(13(18)19)8-10(12(16)17)9-14(2,3)4/h10-11H,7-9H2,1-6H3,(H2,16,17)(H,18,19). The summed E-state index contributed by atoms with van der Waals surface area (Å²) in [5.41, 5.74) is 5.07. The van der Waals surface area contributed by atoms with E-state index < -0.39 is 17.8 Å². The first-order valence-electron chi connectivity index (χ1n) is 6.93. The van der Waals surface area contributed by atoms with Crippen molar-refractivity contribution in [2.75, 3.05) is 0 Å². The second-order valence-electron chi connectivity index (χ2n) is 7.33. The quantitative estimate of drug-likeness (QED) is 0.746. The van der Waals surface area contributed by atoms with Gasteiger partial charge in [-0.3, -0.25) is 9.59 Å². The Morgan fingerprint density at radius 1 is 1.16 bits per heavy atom. The summed E-state index contributed by atoms with van der Waals surface area (Å²) >= 11 is 0. The van der Waals surface area contributed by atoms with Crippen LogP contribution in [0.4, 0.5) is 0 Å². The molecule has 0 spiro atoms. The van der Waals surface area contributed by atoms with Gasteiger partial charge in [0.25, 0.3) is 0 Å². The van der Waals surface area contributed by atoms with Crippen molar-refractivity contribution in [1.82, 2.24) is 0 Å². The molecule has 1 amide bonds. The normalized spacial score (nSPS) is 15.9. The molecule has 0 aliphatic carbocycles. The first-order chi connectivity index (χ1) is 8.40. The van der Waals surface area contributed by atoms with E-state index in [1.54, 1.807) is 0 Å². The molecule has 2 atom stereocenters. The lowest BCUT2D eigenvalue weighted by molar-refractivity contribution is -0.147. The van der Waals surface area contributed by atoms with E-state index in [0.29, 0.717) is 12.8 Å². The molecule has 0 radical (unpaired) electrons. The highest BCUT2D eigenvalue weighted by Gasteiger charge is 2.37. The maximum absolute atomic E-state index is 11.6. The van der Waals surface area contributed by atoms with Crippen molar-refractivity contribution in [3.05, 3.63) is 0 Å². The number of aliphatic carboxylic acids is 1. The Balaban J connectivity index is 5.08. The minimum absolute atomic E-state index is 0.0426. The van der Waals surface area contributed by atoms with Gasteiger partial charge in [-0.25, -0.2) is 0 Å². The molecule has 4 heteroatoms. The van der Waals surface area contributed by atoms with Crippen LogP contribution in [0.5, 0.6) is 0 Å². The third-order valence-electron chi connectivity index (χ3n) is 3.93. The first-order valence-corrected chi connectivity index (χ1v) is 6.93. The van der Waals surface area contributed by atoms with Gasteiger partial charge in [-0.05, 0) is 23.7 Å². The van der Waals surface area contributed by atoms with Crippen LogP contribution >= 0.6 is 0 Å². The molecule has 3 N–H and O–H groups in total. The lowest BCUT2D eigenvalue weighted by atomic mass is 9.70. The Hall–Kier alpha value is -1.06. The van der Waals surface area contributed by atoms with Gasteiger partial charge in [0, 0.05) is 5.92 Å². The molecular weight excluding hydrogens is 242 g/mol. The minimum Gasteiger partial charge on any atom is -0.481 e. The average Bonchev–Trinajstić information content (AvgIpc) is 2.21. The Labute approximate surface area is 116 Å². The van der Waals surface area contributed by atoms with Crippen LogP contribution in [0.15, 0.2) is 0 Å². The van der Waals surface area contributed by atoms with Crippen LogP contribution < -0.4 is 5.73 Å². The highest BCUT2D eigenvalue weighted by molar-refractivity contribution is 5.78. The van der Waals surface area contributed by atoms with E-state index in [1.807, 2.05) is 41.5 Å². The van der Waals surface area contributed by atoms with Crippen LogP contribution in [0, 0.1) is 22.7 Å². The van der Waals surface area contributed by atoms with Crippen molar-refractivity contribution in [2.45, 2.75) is 60.8 Å². The second kappa shape index (κ2) is 6.40. The van der Waals surface area contributed by atoms with Gasteiger partial charge in [0.1, 0.15) is 0 Å². The molecule has 0 bridgehead atoms. The van der Waals surface area contributed by atoms with Crippen LogP contribution in [-0.4, -0.2) is 17.0 Å². The van der Waals surface area contributed by atoms with Gasteiger partial charge in [0.15, 0.2) is 0 Å². The maximum atomic E-state index is 11.6. The van der Waals surface area contributed by atoms with Crippen LogP contribution in [0.25, 0.3) is 0 Å². The number of carbonyl (C=O) groups is 2. The molecule has 0 aromatic heterocycles. The Morgan fingerprint density at radius 2 is 1.63 bits per heavy atom. The zero-order valence-corrected chi connectivity index (χ0v) is 13.1. The predicted molar refractivity (Wildman–Crippen MR) is 76.6 cm³/mol. The smallest absolute Gasteiger partial charge is 0.307 e. The van der Waals surface area contributed by atoms with Crippen molar-refractivity contribution in [1.29, 1.82) is 0 Å². The summed E-state index contributed by atoms with van der Waals surface area (Å²) < 4.78 is 0. The zero-order chi connectivity index (χ0) is 15.4. The summed E-state index contributed by atoms with van der Waals surface area (Å²) in [6, 6.07) is 0. The summed E-state index contributed by atoms with van der Waals surface area (Å²) in [6.07, 6.45) is 1.69. The zero-order valence-electron chi connectivity index (χ0n) is 13.1. The van der Waals surface area contributed by atoms with Crippen molar-refractivity contribution >= 4 is 11.9 Å². The minimum atomic E-state index is -0.841. The number of carbonyl (C=O) groups excluding carboxylic acids is 1. The number of primary amides is 1. The molecule has 4 nitrogen and oxygen atoms in total. The van der Waals surface area contributed by atoms with Crippen molar-refractivity contribution < 1.29 is 14.7 Å². The molecule has 0 aromatic carbocycles. The lowest BCUT2D eigenvalue weighted by Gasteiger charge is -2.33. The molecule has 0 aliphatic rings. The Kier molecular flexibility index (Phi) is 6.04. The summed E-state index contributed by atoms with van der Waals surface area (Å²) in [5.74, 6) is -2.16. The van der Waals surface area contributed by atoms with Crippen LogP contribution in [0.3, 0.4) is 0 Å². The number of amides is 1. The SMILES string of the molecule is CCC(C)(C)C(CC(CC(C)(C)C)C(N)=O)C(=O)O. The van der Waals surface area contributed by atoms with Crippen LogP contribution in [0.2, 0.25) is 0 Å². The third kappa shape index (κ3) is 6.08. The maximum Gasteiger partial charge on any atom is 0.307 e. The molecule has 0 saturated carbocycles. The molecule has 19 heavy (non-hydrogen) atoms. The molecule has 0 rings (SSSR count). The fourth-order valence-corrected chi connectivity index (χ4v) is 2.32.